The van der Waals surface area contributed by atoms with Gasteiger partial charge in [-0.2, -0.15) is 13.2 Å². The number of hydrogen-bond acceptors (Lipinski definition) is 1. The fraction of sp³-hybridized carbons (Fsp3) is 0.0526. The highest BCUT2D eigenvalue weighted by molar-refractivity contribution is 5.82. The normalized spacial score (nSPS) is 11.3. The van der Waals surface area contributed by atoms with E-state index in [0.29, 0.717) is 11.3 Å². The Bertz CT molecular complexity index is 795. The lowest BCUT2D eigenvalue weighted by Gasteiger charge is -2.16. The number of alkyl halides is 3. The van der Waals surface area contributed by atoms with E-state index >= 15 is 0 Å². The van der Waals surface area contributed by atoms with Crippen LogP contribution < -0.4 is 5.32 Å². The minimum Gasteiger partial charge on any atom is -0.355 e. The summed E-state index contributed by atoms with van der Waals surface area (Å²) in [6, 6.07) is 22.0. The molecule has 116 valence electrons. The number of nitrogens with one attached hydrogen (secondary N) is 1. The summed E-state index contributed by atoms with van der Waals surface area (Å²) < 4.78 is 39.8. The lowest BCUT2D eigenvalue weighted by atomic mass is 9.97. The minimum atomic E-state index is -4.39. The highest BCUT2D eigenvalue weighted by atomic mass is 19.4. The smallest absolute Gasteiger partial charge is 0.355 e. The van der Waals surface area contributed by atoms with Gasteiger partial charge in [0.05, 0.1) is 5.56 Å². The Balaban J connectivity index is 2.09. The number of para-hydroxylation sites is 2. The molecule has 0 unspecified atom stereocenters. The van der Waals surface area contributed by atoms with Crippen LogP contribution in [0.4, 0.5) is 24.5 Å². The van der Waals surface area contributed by atoms with Crippen LogP contribution in [0.3, 0.4) is 0 Å². The van der Waals surface area contributed by atoms with Crippen molar-refractivity contribution < 1.29 is 13.2 Å². The fourth-order valence-electron chi connectivity index (χ4n) is 2.47. The van der Waals surface area contributed by atoms with Crippen LogP contribution in [0.15, 0.2) is 78.9 Å². The van der Waals surface area contributed by atoms with Gasteiger partial charge in [0.25, 0.3) is 0 Å². The Morgan fingerprint density at radius 1 is 0.609 bits per heavy atom. The van der Waals surface area contributed by atoms with Crippen molar-refractivity contribution in [3.8, 4) is 11.1 Å². The van der Waals surface area contributed by atoms with Gasteiger partial charge < -0.3 is 5.32 Å². The third-order valence-corrected chi connectivity index (χ3v) is 3.50. The van der Waals surface area contributed by atoms with Crippen LogP contribution in [-0.4, -0.2) is 0 Å². The summed E-state index contributed by atoms with van der Waals surface area (Å²) in [7, 11) is 0. The van der Waals surface area contributed by atoms with E-state index in [4.69, 9.17) is 0 Å². The van der Waals surface area contributed by atoms with E-state index in [9.17, 15) is 13.2 Å². The molecule has 0 saturated heterocycles. The van der Waals surface area contributed by atoms with Crippen LogP contribution in [0.1, 0.15) is 5.56 Å². The molecule has 0 bridgehead atoms. The molecule has 0 aliphatic carbocycles. The van der Waals surface area contributed by atoms with Crippen LogP contribution in [0, 0.1) is 0 Å². The molecule has 3 aromatic carbocycles. The van der Waals surface area contributed by atoms with E-state index in [1.54, 1.807) is 30.3 Å². The molecule has 3 aromatic rings. The van der Waals surface area contributed by atoms with Crippen molar-refractivity contribution in [1.29, 1.82) is 0 Å². The molecule has 3 rings (SSSR count). The van der Waals surface area contributed by atoms with Gasteiger partial charge in [-0.05, 0) is 29.8 Å². The molecule has 0 saturated carbocycles. The Kier molecular flexibility index (Phi) is 4.06. The molecule has 4 heteroatoms. The van der Waals surface area contributed by atoms with Crippen molar-refractivity contribution in [2.45, 2.75) is 6.18 Å². The summed E-state index contributed by atoms with van der Waals surface area (Å²) in [5.41, 5.74) is 1.51. The second-order valence-electron chi connectivity index (χ2n) is 5.08. The van der Waals surface area contributed by atoms with E-state index in [0.717, 1.165) is 11.8 Å². The first-order chi connectivity index (χ1) is 11.1. The maximum Gasteiger partial charge on any atom is 0.417 e. The standard InChI is InChI=1S/C19H14F3N/c20-19(21,22)17-12-6-4-10-15(17)16-11-5-7-13-18(16)23-14-8-2-1-3-9-14/h1-13,23H. The summed E-state index contributed by atoms with van der Waals surface area (Å²) in [6.45, 7) is 0. The molecule has 0 aromatic heterocycles. The van der Waals surface area contributed by atoms with Gasteiger partial charge in [-0.1, -0.05) is 54.6 Å². The molecule has 0 aliphatic rings. The first-order valence-corrected chi connectivity index (χ1v) is 7.13. The molecule has 0 amide bonds. The summed E-state index contributed by atoms with van der Waals surface area (Å²) in [6.07, 6.45) is -4.39. The number of hydrogen-bond donors (Lipinski definition) is 1. The summed E-state index contributed by atoms with van der Waals surface area (Å²) in [4.78, 5) is 0. The zero-order valence-corrected chi connectivity index (χ0v) is 12.1. The molecule has 1 N–H and O–H groups in total. The van der Waals surface area contributed by atoms with Crippen molar-refractivity contribution in [3.63, 3.8) is 0 Å². The fourth-order valence-corrected chi connectivity index (χ4v) is 2.47. The molecule has 0 spiro atoms. The third-order valence-electron chi connectivity index (χ3n) is 3.50. The van der Waals surface area contributed by atoms with Crippen molar-refractivity contribution in [1.82, 2.24) is 0 Å². The number of benzene rings is 3. The third kappa shape index (κ3) is 3.37. The van der Waals surface area contributed by atoms with Crippen LogP contribution >= 0.6 is 0 Å². The van der Waals surface area contributed by atoms with Gasteiger partial charge in [0.1, 0.15) is 0 Å². The van der Waals surface area contributed by atoms with Gasteiger partial charge in [0.15, 0.2) is 0 Å². The molecule has 0 heterocycles. The van der Waals surface area contributed by atoms with Crippen LogP contribution in [-0.2, 0) is 6.18 Å². The largest absolute Gasteiger partial charge is 0.417 e. The Hall–Kier alpha value is -2.75. The zero-order chi connectivity index (χ0) is 16.3. The molecular weight excluding hydrogens is 299 g/mol. The molecule has 0 fully saturated rings. The lowest BCUT2D eigenvalue weighted by Crippen LogP contribution is -2.07. The highest BCUT2D eigenvalue weighted by Crippen LogP contribution is 2.39. The summed E-state index contributed by atoms with van der Waals surface area (Å²) in [5, 5.41) is 3.18. The average molecular weight is 313 g/mol. The predicted molar refractivity (Wildman–Crippen MR) is 86.6 cm³/mol. The second-order valence-corrected chi connectivity index (χ2v) is 5.08. The van der Waals surface area contributed by atoms with Crippen LogP contribution in [0.5, 0.6) is 0 Å². The van der Waals surface area contributed by atoms with Gasteiger partial charge in [-0.3, -0.25) is 0 Å². The molecule has 0 aliphatic heterocycles. The summed E-state index contributed by atoms with van der Waals surface area (Å²) >= 11 is 0. The van der Waals surface area contributed by atoms with Crippen molar-refractivity contribution in [3.05, 3.63) is 84.4 Å². The molecule has 0 atom stereocenters. The second kappa shape index (κ2) is 6.16. The van der Waals surface area contributed by atoms with Crippen molar-refractivity contribution >= 4 is 11.4 Å². The first kappa shape index (κ1) is 15.2. The Labute approximate surface area is 132 Å². The molecule has 1 nitrogen and oxygen atoms in total. The van der Waals surface area contributed by atoms with Gasteiger partial charge in [-0.15, -0.1) is 0 Å². The topological polar surface area (TPSA) is 12.0 Å². The SMILES string of the molecule is FC(F)(F)c1ccccc1-c1ccccc1Nc1ccccc1. The van der Waals surface area contributed by atoms with Crippen LogP contribution in [0.2, 0.25) is 0 Å². The zero-order valence-electron chi connectivity index (χ0n) is 12.1. The van der Waals surface area contributed by atoms with E-state index in [1.807, 2.05) is 30.3 Å². The number of anilines is 2. The number of rotatable bonds is 3. The summed E-state index contributed by atoms with van der Waals surface area (Å²) in [5.74, 6) is 0. The monoisotopic (exact) mass is 313 g/mol. The van der Waals surface area contributed by atoms with E-state index < -0.39 is 11.7 Å². The van der Waals surface area contributed by atoms with Crippen LogP contribution in [0.25, 0.3) is 11.1 Å². The van der Waals surface area contributed by atoms with Gasteiger partial charge in [-0.25, -0.2) is 0 Å². The van der Waals surface area contributed by atoms with Gasteiger partial charge in [0, 0.05) is 16.9 Å². The molecule has 0 radical (unpaired) electrons. The van der Waals surface area contributed by atoms with Crippen molar-refractivity contribution in [2.75, 3.05) is 5.32 Å². The van der Waals surface area contributed by atoms with E-state index in [-0.39, 0.29) is 5.56 Å². The van der Waals surface area contributed by atoms with E-state index in [1.165, 1.54) is 12.1 Å². The highest BCUT2D eigenvalue weighted by Gasteiger charge is 2.33. The van der Waals surface area contributed by atoms with Gasteiger partial charge in [0.2, 0.25) is 0 Å². The lowest BCUT2D eigenvalue weighted by molar-refractivity contribution is -0.137. The Morgan fingerprint density at radius 2 is 1.17 bits per heavy atom. The quantitative estimate of drug-likeness (QED) is 0.614. The first-order valence-electron chi connectivity index (χ1n) is 7.13. The van der Waals surface area contributed by atoms with Crippen molar-refractivity contribution in [2.24, 2.45) is 0 Å². The van der Waals surface area contributed by atoms with E-state index in [2.05, 4.69) is 5.32 Å². The molecular formula is C19H14F3N. The molecule has 23 heavy (non-hydrogen) atoms. The average Bonchev–Trinajstić information content (AvgIpc) is 2.56. The maximum atomic E-state index is 13.3. The predicted octanol–water partition coefficient (Wildman–Crippen LogP) is 6.12. The number of halogens is 3. The van der Waals surface area contributed by atoms with Gasteiger partial charge >= 0.3 is 6.18 Å². The Morgan fingerprint density at radius 3 is 1.87 bits per heavy atom. The maximum absolute atomic E-state index is 13.3. The minimum absolute atomic E-state index is 0.166.